The standard InChI is InChI=1S/C19H29FN4O3/c1-15(19(26)22-13-16-5-3-4-6-17(16)20)24-10-8-23(9-11-24)14-18(25)21-7-12-27-2/h3-6,15H,7-14H2,1-2H3,(H,21,25)(H,22,26). The van der Waals surface area contributed by atoms with Gasteiger partial charge in [-0.15, -0.1) is 0 Å². The Morgan fingerprint density at radius 1 is 1.19 bits per heavy atom. The topological polar surface area (TPSA) is 73.9 Å². The van der Waals surface area contributed by atoms with Crippen molar-refractivity contribution in [2.45, 2.75) is 19.5 Å². The van der Waals surface area contributed by atoms with E-state index in [1.807, 2.05) is 6.92 Å². The van der Waals surface area contributed by atoms with Crippen LogP contribution in [-0.2, 0) is 20.9 Å². The van der Waals surface area contributed by atoms with E-state index in [1.165, 1.54) is 6.07 Å². The lowest BCUT2D eigenvalue weighted by atomic mass is 10.2. The minimum atomic E-state index is -0.317. The number of hydrogen-bond acceptors (Lipinski definition) is 5. The first kappa shape index (κ1) is 21.3. The molecule has 2 N–H and O–H groups in total. The molecule has 8 heteroatoms. The Morgan fingerprint density at radius 2 is 1.89 bits per heavy atom. The number of amides is 2. The normalized spacial score (nSPS) is 16.7. The van der Waals surface area contributed by atoms with Crippen LogP contribution >= 0.6 is 0 Å². The molecule has 1 aliphatic heterocycles. The van der Waals surface area contributed by atoms with Crippen molar-refractivity contribution in [2.24, 2.45) is 0 Å². The molecule has 0 spiro atoms. The number of methoxy groups -OCH3 is 1. The molecule has 2 amide bonds. The maximum Gasteiger partial charge on any atom is 0.237 e. The van der Waals surface area contributed by atoms with Gasteiger partial charge in [0, 0.05) is 51.9 Å². The average Bonchev–Trinajstić information content (AvgIpc) is 2.67. The molecule has 0 radical (unpaired) electrons. The summed E-state index contributed by atoms with van der Waals surface area (Å²) in [4.78, 5) is 28.4. The predicted octanol–water partition coefficient (Wildman–Crippen LogP) is 0.211. The third kappa shape index (κ3) is 6.89. The lowest BCUT2D eigenvalue weighted by molar-refractivity contribution is -0.128. The van der Waals surface area contributed by atoms with Gasteiger partial charge in [0.05, 0.1) is 19.2 Å². The summed E-state index contributed by atoms with van der Waals surface area (Å²) in [6, 6.07) is 6.13. The third-order valence-electron chi connectivity index (χ3n) is 4.74. The van der Waals surface area contributed by atoms with Crippen LogP contribution in [0.15, 0.2) is 24.3 Å². The van der Waals surface area contributed by atoms with Crippen LogP contribution in [0.4, 0.5) is 4.39 Å². The smallest absolute Gasteiger partial charge is 0.237 e. The zero-order valence-corrected chi connectivity index (χ0v) is 16.0. The van der Waals surface area contributed by atoms with Crippen molar-refractivity contribution < 1.29 is 18.7 Å². The summed E-state index contributed by atoms with van der Waals surface area (Å²) in [5, 5.41) is 5.60. The van der Waals surface area contributed by atoms with Crippen molar-refractivity contribution >= 4 is 11.8 Å². The zero-order chi connectivity index (χ0) is 19.6. The summed E-state index contributed by atoms with van der Waals surface area (Å²) < 4.78 is 18.5. The summed E-state index contributed by atoms with van der Waals surface area (Å²) in [6.07, 6.45) is 0. The molecule has 27 heavy (non-hydrogen) atoms. The highest BCUT2D eigenvalue weighted by atomic mass is 19.1. The van der Waals surface area contributed by atoms with Crippen LogP contribution in [0.3, 0.4) is 0 Å². The molecule has 1 aromatic rings. The van der Waals surface area contributed by atoms with Crippen LogP contribution in [0, 0.1) is 5.82 Å². The number of nitrogens with zero attached hydrogens (tertiary/aromatic N) is 2. The highest BCUT2D eigenvalue weighted by molar-refractivity contribution is 5.81. The van der Waals surface area contributed by atoms with E-state index in [0.717, 1.165) is 13.1 Å². The number of ether oxygens (including phenoxy) is 1. The first-order valence-electron chi connectivity index (χ1n) is 9.24. The monoisotopic (exact) mass is 380 g/mol. The molecule has 0 aliphatic carbocycles. The summed E-state index contributed by atoms with van der Waals surface area (Å²) in [5.74, 6) is -0.456. The first-order valence-corrected chi connectivity index (χ1v) is 9.24. The number of hydrogen-bond donors (Lipinski definition) is 2. The van der Waals surface area contributed by atoms with Crippen LogP contribution < -0.4 is 10.6 Å². The van der Waals surface area contributed by atoms with Crippen LogP contribution in [-0.4, -0.2) is 80.6 Å². The Morgan fingerprint density at radius 3 is 2.56 bits per heavy atom. The molecule has 0 saturated carbocycles. The van der Waals surface area contributed by atoms with Crippen molar-refractivity contribution in [2.75, 3.05) is 53.0 Å². The lowest BCUT2D eigenvalue weighted by Gasteiger charge is -2.37. The van der Waals surface area contributed by atoms with Crippen LogP contribution in [0.2, 0.25) is 0 Å². The van der Waals surface area contributed by atoms with Gasteiger partial charge in [-0.25, -0.2) is 4.39 Å². The summed E-state index contributed by atoms with van der Waals surface area (Å²) in [5.41, 5.74) is 0.474. The van der Waals surface area contributed by atoms with E-state index in [0.29, 0.717) is 38.3 Å². The van der Waals surface area contributed by atoms with Gasteiger partial charge in [-0.1, -0.05) is 18.2 Å². The Labute approximate surface area is 159 Å². The molecule has 150 valence electrons. The molecule has 1 aromatic carbocycles. The Hall–Kier alpha value is -2.03. The zero-order valence-electron chi connectivity index (χ0n) is 16.0. The second-order valence-corrected chi connectivity index (χ2v) is 6.64. The van der Waals surface area contributed by atoms with E-state index in [1.54, 1.807) is 25.3 Å². The number of halogens is 1. The van der Waals surface area contributed by atoms with Crippen LogP contribution in [0.1, 0.15) is 12.5 Å². The van der Waals surface area contributed by atoms with Gasteiger partial charge >= 0.3 is 0 Å². The summed E-state index contributed by atoms with van der Waals surface area (Å²) in [6.45, 7) is 6.25. The number of rotatable bonds is 9. The maximum atomic E-state index is 13.6. The molecule has 1 aliphatic rings. The molecular formula is C19H29FN4O3. The Bertz CT molecular complexity index is 621. The molecule has 1 unspecified atom stereocenters. The fraction of sp³-hybridized carbons (Fsp3) is 0.579. The second kappa shape index (κ2) is 11.0. The van der Waals surface area contributed by atoms with Crippen molar-refractivity contribution in [1.82, 2.24) is 20.4 Å². The van der Waals surface area contributed by atoms with Crippen molar-refractivity contribution in [3.63, 3.8) is 0 Å². The van der Waals surface area contributed by atoms with Gasteiger partial charge in [-0.05, 0) is 13.0 Å². The summed E-state index contributed by atoms with van der Waals surface area (Å²) >= 11 is 0. The largest absolute Gasteiger partial charge is 0.383 e. The molecule has 1 saturated heterocycles. The number of piperazine rings is 1. The number of nitrogens with one attached hydrogen (secondary N) is 2. The number of benzene rings is 1. The maximum absolute atomic E-state index is 13.6. The van der Waals surface area contributed by atoms with Gasteiger partial charge in [0.1, 0.15) is 5.82 Å². The third-order valence-corrected chi connectivity index (χ3v) is 4.74. The van der Waals surface area contributed by atoms with E-state index in [2.05, 4.69) is 20.4 Å². The van der Waals surface area contributed by atoms with Gasteiger partial charge < -0.3 is 15.4 Å². The fourth-order valence-corrected chi connectivity index (χ4v) is 3.00. The van der Waals surface area contributed by atoms with Gasteiger partial charge in [0.25, 0.3) is 0 Å². The molecule has 0 aromatic heterocycles. The van der Waals surface area contributed by atoms with Crippen LogP contribution in [0.25, 0.3) is 0 Å². The molecular weight excluding hydrogens is 351 g/mol. The van der Waals surface area contributed by atoms with Gasteiger partial charge in [-0.3, -0.25) is 19.4 Å². The quantitative estimate of drug-likeness (QED) is 0.599. The average molecular weight is 380 g/mol. The van der Waals surface area contributed by atoms with Crippen molar-refractivity contribution in [3.8, 4) is 0 Å². The second-order valence-electron chi connectivity index (χ2n) is 6.64. The predicted molar refractivity (Wildman–Crippen MR) is 101 cm³/mol. The first-order chi connectivity index (χ1) is 13.0. The number of carbonyl (C=O) groups is 2. The minimum absolute atomic E-state index is 0.0174. The minimum Gasteiger partial charge on any atom is -0.383 e. The number of carbonyl (C=O) groups excluding carboxylic acids is 2. The highest BCUT2D eigenvalue weighted by Gasteiger charge is 2.26. The van der Waals surface area contributed by atoms with E-state index in [-0.39, 0.29) is 30.2 Å². The van der Waals surface area contributed by atoms with Gasteiger partial charge in [-0.2, -0.15) is 0 Å². The molecule has 1 fully saturated rings. The van der Waals surface area contributed by atoms with Crippen molar-refractivity contribution in [3.05, 3.63) is 35.6 Å². The summed E-state index contributed by atoms with van der Waals surface area (Å²) in [7, 11) is 1.60. The van der Waals surface area contributed by atoms with E-state index >= 15 is 0 Å². The van der Waals surface area contributed by atoms with Crippen LogP contribution in [0.5, 0.6) is 0 Å². The van der Waals surface area contributed by atoms with Gasteiger partial charge in [0.15, 0.2) is 0 Å². The molecule has 1 atom stereocenters. The SMILES string of the molecule is COCCNC(=O)CN1CCN(C(C)C(=O)NCc2ccccc2F)CC1. The lowest BCUT2D eigenvalue weighted by Crippen LogP contribution is -2.55. The fourth-order valence-electron chi connectivity index (χ4n) is 3.00. The Kier molecular flexibility index (Phi) is 8.63. The van der Waals surface area contributed by atoms with Gasteiger partial charge in [0.2, 0.25) is 11.8 Å². The van der Waals surface area contributed by atoms with E-state index in [9.17, 15) is 14.0 Å². The molecule has 0 bridgehead atoms. The molecule has 1 heterocycles. The molecule has 2 rings (SSSR count). The highest BCUT2D eigenvalue weighted by Crippen LogP contribution is 2.08. The molecule has 7 nitrogen and oxygen atoms in total. The van der Waals surface area contributed by atoms with Crippen molar-refractivity contribution in [1.29, 1.82) is 0 Å². The van der Waals surface area contributed by atoms with E-state index in [4.69, 9.17) is 4.74 Å². The van der Waals surface area contributed by atoms with E-state index < -0.39 is 0 Å². The Balaban J connectivity index is 1.70.